The highest BCUT2D eigenvalue weighted by molar-refractivity contribution is 5.25. The predicted octanol–water partition coefficient (Wildman–Crippen LogP) is 2.27. The molecule has 112 valence electrons. The van der Waals surface area contributed by atoms with Gasteiger partial charge in [-0.2, -0.15) is 0 Å². The Labute approximate surface area is 123 Å². The molecule has 0 aromatic heterocycles. The van der Waals surface area contributed by atoms with Gasteiger partial charge < -0.3 is 5.73 Å². The minimum Gasteiger partial charge on any atom is -0.330 e. The van der Waals surface area contributed by atoms with Crippen molar-refractivity contribution in [2.75, 3.05) is 32.7 Å². The Balaban J connectivity index is 1.85. The van der Waals surface area contributed by atoms with Crippen LogP contribution in [0.25, 0.3) is 0 Å². The van der Waals surface area contributed by atoms with Gasteiger partial charge in [-0.05, 0) is 37.4 Å². The smallest absolute Gasteiger partial charge is 0.0234 e. The molecular formula is C17H29N3. The summed E-state index contributed by atoms with van der Waals surface area (Å²) in [5.74, 6) is 0.457. The van der Waals surface area contributed by atoms with E-state index in [0.29, 0.717) is 12.0 Å². The second kappa shape index (κ2) is 7.21. The quantitative estimate of drug-likeness (QED) is 0.895. The monoisotopic (exact) mass is 275 g/mol. The Hall–Kier alpha value is -0.900. The molecule has 2 rings (SSSR count). The largest absolute Gasteiger partial charge is 0.330 e. The highest BCUT2D eigenvalue weighted by Crippen LogP contribution is 2.16. The van der Waals surface area contributed by atoms with E-state index in [0.717, 1.165) is 13.1 Å². The van der Waals surface area contributed by atoms with Gasteiger partial charge in [0.05, 0.1) is 0 Å². The Bertz CT molecular complexity index is 391. The lowest BCUT2D eigenvalue weighted by molar-refractivity contribution is 0.104. The molecule has 0 amide bonds. The van der Waals surface area contributed by atoms with E-state index in [-0.39, 0.29) is 0 Å². The first-order valence-corrected chi connectivity index (χ1v) is 7.85. The van der Waals surface area contributed by atoms with E-state index in [1.165, 1.54) is 37.3 Å². The summed E-state index contributed by atoms with van der Waals surface area (Å²) in [6, 6.07) is 9.66. The first-order valence-electron chi connectivity index (χ1n) is 7.85. The van der Waals surface area contributed by atoms with Crippen LogP contribution < -0.4 is 5.73 Å². The number of nitrogens with zero attached hydrogens (tertiary/aromatic N) is 2. The van der Waals surface area contributed by atoms with E-state index in [1.807, 2.05) is 0 Å². The maximum absolute atomic E-state index is 5.72. The molecular weight excluding hydrogens is 246 g/mol. The van der Waals surface area contributed by atoms with E-state index in [1.54, 1.807) is 0 Å². The van der Waals surface area contributed by atoms with Gasteiger partial charge in [0.15, 0.2) is 0 Å². The van der Waals surface area contributed by atoms with E-state index >= 15 is 0 Å². The zero-order chi connectivity index (χ0) is 14.5. The van der Waals surface area contributed by atoms with Crippen LogP contribution >= 0.6 is 0 Å². The average Bonchev–Trinajstić information content (AvgIpc) is 2.48. The summed E-state index contributed by atoms with van der Waals surface area (Å²) >= 11 is 0. The second-order valence-electron chi connectivity index (χ2n) is 6.28. The van der Waals surface area contributed by atoms with Crippen LogP contribution in [0.15, 0.2) is 24.3 Å². The van der Waals surface area contributed by atoms with Gasteiger partial charge in [0.2, 0.25) is 0 Å². The third-order valence-electron chi connectivity index (χ3n) is 4.45. The molecule has 3 heteroatoms. The lowest BCUT2D eigenvalue weighted by atomic mass is 10.00. The number of piperazine rings is 1. The van der Waals surface area contributed by atoms with Gasteiger partial charge in [-0.15, -0.1) is 0 Å². The average molecular weight is 275 g/mol. The fourth-order valence-corrected chi connectivity index (χ4v) is 2.78. The van der Waals surface area contributed by atoms with Gasteiger partial charge in [-0.1, -0.05) is 31.2 Å². The van der Waals surface area contributed by atoms with Crippen LogP contribution in [-0.4, -0.2) is 48.6 Å². The van der Waals surface area contributed by atoms with Gasteiger partial charge in [-0.25, -0.2) is 0 Å². The van der Waals surface area contributed by atoms with Crippen LogP contribution in [0.5, 0.6) is 0 Å². The third kappa shape index (κ3) is 4.05. The van der Waals surface area contributed by atoms with Crippen LogP contribution in [0.3, 0.4) is 0 Å². The van der Waals surface area contributed by atoms with Gasteiger partial charge in [0, 0.05) is 38.8 Å². The van der Waals surface area contributed by atoms with Crippen LogP contribution in [0.1, 0.15) is 37.8 Å². The number of hydrogen-bond acceptors (Lipinski definition) is 3. The standard InChI is InChI=1S/C17H29N3/c1-14(2)20-10-8-19(9-11-20)13-16-4-6-17(7-5-16)15(3)12-18/h4-7,14-15H,8-13,18H2,1-3H3. The Kier molecular flexibility index (Phi) is 5.58. The van der Waals surface area contributed by atoms with Gasteiger partial charge >= 0.3 is 0 Å². The van der Waals surface area contributed by atoms with Crippen LogP contribution in [0.2, 0.25) is 0 Å². The Morgan fingerprint density at radius 2 is 1.60 bits per heavy atom. The Morgan fingerprint density at radius 3 is 2.10 bits per heavy atom. The van der Waals surface area contributed by atoms with E-state index in [9.17, 15) is 0 Å². The van der Waals surface area contributed by atoms with Crippen LogP contribution in [0.4, 0.5) is 0 Å². The van der Waals surface area contributed by atoms with Crippen molar-refractivity contribution in [2.24, 2.45) is 5.73 Å². The zero-order valence-corrected chi connectivity index (χ0v) is 13.2. The predicted molar refractivity (Wildman–Crippen MR) is 85.9 cm³/mol. The summed E-state index contributed by atoms with van der Waals surface area (Å²) in [6.45, 7) is 13.3. The highest BCUT2D eigenvalue weighted by Gasteiger charge is 2.18. The number of hydrogen-bond donors (Lipinski definition) is 1. The van der Waals surface area contributed by atoms with Crippen molar-refractivity contribution < 1.29 is 0 Å². The lowest BCUT2D eigenvalue weighted by Gasteiger charge is -2.37. The molecule has 1 atom stereocenters. The molecule has 20 heavy (non-hydrogen) atoms. The normalized spacial score (nSPS) is 19.4. The molecule has 1 aliphatic heterocycles. The van der Waals surface area contributed by atoms with Gasteiger partial charge in [0.25, 0.3) is 0 Å². The molecule has 0 aliphatic carbocycles. The highest BCUT2D eigenvalue weighted by atomic mass is 15.3. The molecule has 1 unspecified atom stereocenters. The molecule has 1 aliphatic rings. The summed E-state index contributed by atoms with van der Waals surface area (Å²) in [4.78, 5) is 5.11. The SMILES string of the molecule is CC(CN)c1ccc(CN2CCN(C(C)C)CC2)cc1. The van der Waals surface area contributed by atoms with E-state index < -0.39 is 0 Å². The summed E-state index contributed by atoms with van der Waals surface area (Å²) in [5.41, 5.74) is 8.48. The fourth-order valence-electron chi connectivity index (χ4n) is 2.78. The van der Waals surface area contributed by atoms with E-state index in [4.69, 9.17) is 5.73 Å². The van der Waals surface area contributed by atoms with Crippen molar-refractivity contribution in [2.45, 2.75) is 39.3 Å². The van der Waals surface area contributed by atoms with Crippen molar-refractivity contribution in [1.82, 2.24) is 9.80 Å². The molecule has 0 bridgehead atoms. The molecule has 1 heterocycles. The van der Waals surface area contributed by atoms with Crippen molar-refractivity contribution in [3.05, 3.63) is 35.4 Å². The molecule has 0 spiro atoms. The summed E-state index contributed by atoms with van der Waals surface area (Å²) < 4.78 is 0. The summed E-state index contributed by atoms with van der Waals surface area (Å²) in [5, 5.41) is 0. The first kappa shape index (κ1) is 15.5. The van der Waals surface area contributed by atoms with Crippen LogP contribution in [-0.2, 0) is 6.54 Å². The molecule has 1 saturated heterocycles. The van der Waals surface area contributed by atoms with Crippen molar-refractivity contribution >= 4 is 0 Å². The molecule has 1 aromatic rings. The molecule has 0 saturated carbocycles. The number of benzene rings is 1. The van der Waals surface area contributed by atoms with Gasteiger partial charge in [0.1, 0.15) is 0 Å². The van der Waals surface area contributed by atoms with Crippen LogP contribution in [0, 0.1) is 0 Å². The number of rotatable bonds is 5. The molecule has 0 radical (unpaired) electrons. The van der Waals surface area contributed by atoms with Crippen molar-refractivity contribution in [3.63, 3.8) is 0 Å². The maximum atomic E-state index is 5.72. The molecule has 2 N–H and O–H groups in total. The fraction of sp³-hybridized carbons (Fsp3) is 0.647. The first-order chi connectivity index (χ1) is 9.60. The third-order valence-corrected chi connectivity index (χ3v) is 4.45. The molecule has 1 aromatic carbocycles. The minimum absolute atomic E-state index is 0.457. The maximum Gasteiger partial charge on any atom is 0.0234 e. The van der Waals surface area contributed by atoms with E-state index in [2.05, 4.69) is 54.8 Å². The molecule has 1 fully saturated rings. The Morgan fingerprint density at radius 1 is 1.00 bits per heavy atom. The topological polar surface area (TPSA) is 32.5 Å². The second-order valence-corrected chi connectivity index (χ2v) is 6.28. The summed E-state index contributed by atoms with van der Waals surface area (Å²) in [7, 11) is 0. The lowest BCUT2D eigenvalue weighted by Crippen LogP contribution is -2.48. The zero-order valence-electron chi connectivity index (χ0n) is 13.2. The van der Waals surface area contributed by atoms with Gasteiger partial charge in [-0.3, -0.25) is 9.80 Å². The number of nitrogens with two attached hydrogens (primary N) is 1. The van der Waals surface area contributed by atoms with Crippen molar-refractivity contribution in [3.8, 4) is 0 Å². The molecule has 3 nitrogen and oxygen atoms in total. The summed E-state index contributed by atoms with van der Waals surface area (Å²) in [6.07, 6.45) is 0. The van der Waals surface area contributed by atoms with Crippen molar-refractivity contribution in [1.29, 1.82) is 0 Å². The minimum atomic E-state index is 0.457.